The molecule has 0 radical (unpaired) electrons. The van der Waals surface area contributed by atoms with Crippen LogP contribution in [0.4, 0.5) is 5.95 Å². The Kier molecular flexibility index (Phi) is 2.93. The number of morpholine rings is 1. The maximum atomic E-state index is 5.89. The topological polar surface area (TPSA) is 30.3 Å². The van der Waals surface area contributed by atoms with E-state index in [1.54, 1.807) is 6.20 Å². The van der Waals surface area contributed by atoms with E-state index in [4.69, 9.17) is 16.3 Å². The van der Waals surface area contributed by atoms with E-state index in [-0.39, 0.29) is 6.04 Å². The lowest BCUT2D eigenvalue weighted by Crippen LogP contribution is -2.47. The number of alkyl halides is 1. The fourth-order valence-corrected chi connectivity index (χ4v) is 1.94. The molecule has 0 aliphatic carbocycles. The summed E-state index contributed by atoms with van der Waals surface area (Å²) in [6.45, 7) is 2.30. The number of ether oxygens (including phenoxy) is 1. The van der Waals surface area contributed by atoms with E-state index in [2.05, 4.69) is 9.88 Å². The number of anilines is 1. The molecular formula is C9H14ClN3O. The molecular weight excluding hydrogens is 202 g/mol. The molecule has 1 aromatic heterocycles. The molecule has 1 fully saturated rings. The number of aromatic nitrogens is 2. The smallest absolute Gasteiger partial charge is 0.205 e. The first-order valence-corrected chi connectivity index (χ1v) is 5.24. The Morgan fingerprint density at radius 2 is 2.57 bits per heavy atom. The highest BCUT2D eigenvalue weighted by atomic mass is 35.5. The van der Waals surface area contributed by atoms with Crippen molar-refractivity contribution in [2.45, 2.75) is 6.04 Å². The number of nitrogens with zero attached hydrogens (tertiary/aromatic N) is 3. The van der Waals surface area contributed by atoms with Gasteiger partial charge < -0.3 is 14.2 Å². The fourth-order valence-electron chi connectivity index (χ4n) is 1.68. The monoisotopic (exact) mass is 215 g/mol. The van der Waals surface area contributed by atoms with Crippen molar-refractivity contribution in [3.05, 3.63) is 12.4 Å². The minimum absolute atomic E-state index is 0.242. The zero-order valence-corrected chi connectivity index (χ0v) is 8.94. The molecule has 1 atom stereocenters. The van der Waals surface area contributed by atoms with Gasteiger partial charge in [-0.2, -0.15) is 0 Å². The molecule has 4 nitrogen and oxygen atoms in total. The minimum atomic E-state index is 0.242. The summed E-state index contributed by atoms with van der Waals surface area (Å²) in [4.78, 5) is 6.52. The highest BCUT2D eigenvalue weighted by Crippen LogP contribution is 2.17. The van der Waals surface area contributed by atoms with Crippen LogP contribution in [0.1, 0.15) is 0 Å². The number of imidazole rings is 1. The molecule has 5 heteroatoms. The van der Waals surface area contributed by atoms with E-state index >= 15 is 0 Å². The van der Waals surface area contributed by atoms with Crippen LogP contribution in [0, 0.1) is 0 Å². The maximum Gasteiger partial charge on any atom is 0.205 e. The predicted molar refractivity (Wildman–Crippen MR) is 55.9 cm³/mol. The average molecular weight is 216 g/mol. The van der Waals surface area contributed by atoms with Crippen molar-refractivity contribution in [2.24, 2.45) is 7.05 Å². The summed E-state index contributed by atoms with van der Waals surface area (Å²) in [6.07, 6.45) is 3.74. The molecule has 0 amide bonds. The number of rotatable bonds is 2. The van der Waals surface area contributed by atoms with Crippen molar-refractivity contribution in [1.29, 1.82) is 0 Å². The van der Waals surface area contributed by atoms with Gasteiger partial charge in [0.15, 0.2) is 0 Å². The molecule has 1 aliphatic rings. The summed E-state index contributed by atoms with van der Waals surface area (Å²) >= 11 is 5.89. The lowest BCUT2D eigenvalue weighted by Gasteiger charge is -2.35. The third-order valence-electron chi connectivity index (χ3n) is 2.46. The first kappa shape index (κ1) is 9.80. The molecule has 2 heterocycles. The van der Waals surface area contributed by atoms with Gasteiger partial charge in [0, 0.05) is 31.9 Å². The Morgan fingerprint density at radius 3 is 3.21 bits per heavy atom. The molecule has 14 heavy (non-hydrogen) atoms. The first-order valence-electron chi connectivity index (χ1n) is 4.70. The van der Waals surface area contributed by atoms with E-state index in [1.165, 1.54) is 0 Å². The Labute approximate surface area is 88.4 Å². The predicted octanol–water partition coefficient (Wildman–Crippen LogP) is 0.864. The second kappa shape index (κ2) is 4.19. The number of halogens is 1. The molecule has 0 spiro atoms. The normalized spacial score (nSPS) is 22.7. The van der Waals surface area contributed by atoms with Gasteiger partial charge in [-0.1, -0.05) is 0 Å². The van der Waals surface area contributed by atoms with Gasteiger partial charge in [0.25, 0.3) is 0 Å². The van der Waals surface area contributed by atoms with Gasteiger partial charge in [-0.3, -0.25) is 0 Å². The molecule has 1 unspecified atom stereocenters. The lowest BCUT2D eigenvalue weighted by atomic mass is 10.3. The lowest BCUT2D eigenvalue weighted by molar-refractivity contribution is 0.0987. The molecule has 78 valence electrons. The van der Waals surface area contributed by atoms with Crippen molar-refractivity contribution in [1.82, 2.24) is 9.55 Å². The third kappa shape index (κ3) is 1.72. The van der Waals surface area contributed by atoms with Crippen molar-refractivity contribution in [2.75, 3.05) is 30.5 Å². The summed E-state index contributed by atoms with van der Waals surface area (Å²) in [5.74, 6) is 1.55. The summed E-state index contributed by atoms with van der Waals surface area (Å²) in [7, 11) is 1.99. The Bertz CT molecular complexity index is 302. The third-order valence-corrected chi connectivity index (χ3v) is 2.81. The highest BCUT2D eigenvalue weighted by molar-refractivity contribution is 6.18. The van der Waals surface area contributed by atoms with E-state index in [0.717, 1.165) is 19.1 Å². The highest BCUT2D eigenvalue weighted by Gasteiger charge is 2.24. The number of hydrogen-bond acceptors (Lipinski definition) is 3. The van der Waals surface area contributed by atoms with Crippen molar-refractivity contribution in [3.63, 3.8) is 0 Å². The van der Waals surface area contributed by atoms with Gasteiger partial charge in [0.05, 0.1) is 19.3 Å². The van der Waals surface area contributed by atoms with Crippen LogP contribution in [0.5, 0.6) is 0 Å². The van der Waals surface area contributed by atoms with Crippen LogP contribution in [0.25, 0.3) is 0 Å². The Balaban J connectivity index is 2.19. The zero-order valence-electron chi connectivity index (χ0n) is 8.19. The van der Waals surface area contributed by atoms with Gasteiger partial charge >= 0.3 is 0 Å². The van der Waals surface area contributed by atoms with Gasteiger partial charge in [0.1, 0.15) is 0 Å². The van der Waals surface area contributed by atoms with Crippen molar-refractivity contribution >= 4 is 17.5 Å². The van der Waals surface area contributed by atoms with Gasteiger partial charge in [0.2, 0.25) is 5.95 Å². The molecule has 2 rings (SSSR count). The molecule has 0 bridgehead atoms. The van der Waals surface area contributed by atoms with Crippen LogP contribution in [0.3, 0.4) is 0 Å². The summed E-state index contributed by atoms with van der Waals surface area (Å²) < 4.78 is 7.38. The summed E-state index contributed by atoms with van der Waals surface area (Å²) in [5, 5.41) is 0. The van der Waals surface area contributed by atoms with E-state index in [0.29, 0.717) is 12.5 Å². The quantitative estimate of drug-likeness (QED) is 0.686. The molecule has 1 aromatic rings. The summed E-state index contributed by atoms with van der Waals surface area (Å²) in [6, 6.07) is 0.242. The maximum absolute atomic E-state index is 5.89. The average Bonchev–Trinajstić information content (AvgIpc) is 2.64. The van der Waals surface area contributed by atoms with Crippen molar-refractivity contribution in [3.8, 4) is 0 Å². The standard InChI is InChI=1S/C9H14ClN3O/c1-12-3-2-11-9(12)13-4-5-14-7-8(13)6-10/h2-3,8H,4-7H2,1H3. The molecule has 0 aromatic carbocycles. The zero-order chi connectivity index (χ0) is 9.97. The minimum Gasteiger partial charge on any atom is -0.377 e. The SMILES string of the molecule is Cn1ccnc1N1CCOCC1CCl. The summed E-state index contributed by atoms with van der Waals surface area (Å²) in [5.41, 5.74) is 0. The van der Waals surface area contributed by atoms with Gasteiger partial charge in [-0.25, -0.2) is 4.98 Å². The van der Waals surface area contributed by atoms with E-state index in [1.807, 2.05) is 17.8 Å². The van der Waals surface area contributed by atoms with Crippen LogP contribution in [0.2, 0.25) is 0 Å². The van der Waals surface area contributed by atoms with Crippen LogP contribution < -0.4 is 4.90 Å². The molecule has 1 aliphatic heterocycles. The Morgan fingerprint density at radius 1 is 1.71 bits per heavy atom. The van der Waals surface area contributed by atoms with Crippen LogP contribution in [0.15, 0.2) is 12.4 Å². The largest absolute Gasteiger partial charge is 0.377 e. The number of aryl methyl sites for hydroxylation is 1. The second-order valence-corrected chi connectivity index (χ2v) is 3.72. The van der Waals surface area contributed by atoms with Crippen LogP contribution >= 0.6 is 11.6 Å². The van der Waals surface area contributed by atoms with Crippen molar-refractivity contribution < 1.29 is 4.74 Å². The van der Waals surface area contributed by atoms with E-state index in [9.17, 15) is 0 Å². The van der Waals surface area contributed by atoms with Crippen LogP contribution in [-0.2, 0) is 11.8 Å². The molecule has 1 saturated heterocycles. The fraction of sp³-hybridized carbons (Fsp3) is 0.667. The molecule has 0 N–H and O–H groups in total. The Hall–Kier alpha value is -0.740. The van der Waals surface area contributed by atoms with Gasteiger partial charge in [-0.05, 0) is 0 Å². The van der Waals surface area contributed by atoms with Crippen LogP contribution in [-0.4, -0.2) is 41.2 Å². The van der Waals surface area contributed by atoms with Gasteiger partial charge in [-0.15, -0.1) is 11.6 Å². The van der Waals surface area contributed by atoms with E-state index < -0.39 is 0 Å². The number of hydrogen-bond donors (Lipinski definition) is 0. The molecule has 0 saturated carbocycles. The first-order chi connectivity index (χ1) is 6.83. The second-order valence-electron chi connectivity index (χ2n) is 3.41.